The predicted molar refractivity (Wildman–Crippen MR) is 122 cm³/mol. The lowest BCUT2D eigenvalue weighted by atomic mass is 9.91. The molecule has 10 heteroatoms. The van der Waals surface area contributed by atoms with Crippen LogP contribution < -0.4 is 11.5 Å². The number of aryl methyl sites for hydroxylation is 1. The fourth-order valence-electron chi connectivity index (χ4n) is 4.27. The minimum absolute atomic E-state index is 0.0276. The molecule has 0 saturated carbocycles. The van der Waals surface area contributed by atoms with Crippen LogP contribution in [0.1, 0.15) is 34.7 Å². The third kappa shape index (κ3) is 5.08. The smallest absolute Gasteiger partial charge is 0.370 e. The monoisotopic (exact) mass is 477 g/mol. The maximum absolute atomic E-state index is 13.0. The zero-order valence-electron chi connectivity index (χ0n) is 17.6. The van der Waals surface area contributed by atoms with E-state index in [1.165, 1.54) is 12.1 Å². The highest BCUT2D eigenvalue weighted by Gasteiger charge is 2.32. The Labute approximate surface area is 193 Å². The molecular weight excluding hydrogens is 455 g/mol. The van der Waals surface area contributed by atoms with Crippen molar-refractivity contribution < 1.29 is 18.0 Å². The van der Waals surface area contributed by atoms with Crippen molar-refractivity contribution in [2.24, 2.45) is 16.5 Å². The SMILES string of the molecule is NC(N)=NCC1CN(C(=O)CCc2ccc(C(F)(F)F)cc2)Cc2[nH]c3ccc(Cl)cc3c21. The van der Waals surface area contributed by atoms with Gasteiger partial charge in [0.15, 0.2) is 5.96 Å². The first-order chi connectivity index (χ1) is 15.6. The van der Waals surface area contributed by atoms with Crippen molar-refractivity contribution in [1.29, 1.82) is 0 Å². The van der Waals surface area contributed by atoms with Gasteiger partial charge >= 0.3 is 6.18 Å². The molecule has 1 amide bonds. The van der Waals surface area contributed by atoms with Gasteiger partial charge in [0, 0.05) is 40.5 Å². The molecule has 0 radical (unpaired) electrons. The Morgan fingerprint density at radius 2 is 1.91 bits per heavy atom. The highest BCUT2D eigenvalue weighted by atomic mass is 35.5. The predicted octanol–water partition coefficient (Wildman–Crippen LogP) is 4.17. The van der Waals surface area contributed by atoms with Crippen LogP contribution in [0.15, 0.2) is 47.5 Å². The van der Waals surface area contributed by atoms with Gasteiger partial charge in [0.05, 0.1) is 18.7 Å². The molecule has 6 nitrogen and oxygen atoms in total. The van der Waals surface area contributed by atoms with Crippen LogP contribution in [0.4, 0.5) is 13.2 Å². The Morgan fingerprint density at radius 1 is 1.18 bits per heavy atom. The van der Waals surface area contributed by atoms with Gasteiger partial charge in [0.1, 0.15) is 0 Å². The molecule has 174 valence electrons. The number of nitrogens with two attached hydrogens (primary N) is 2. The molecule has 1 aliphatic rings. The third-order valence-electron chi connectivity index (χ3n) is 5.84. The molecule has 1 atom stereocenters. The quantitative estimate of drug-likeness (QED) is 0.379. The van der Waals surface area contributed by atoms with Crippen molar-refractivity contribution in [2.45, 2.75) is 31.5 Å². The van der Waals surface area contributed by atoms with Gasteiger partial charge in [-0.3, -0.25) is 9.79 Å². The Morgan fingerprint density at radius 3 is 2.58 bits per heavy atom. The Kier molecular flexibility index (Phi) is 6.25. The molecule has 1 aliphatic heterocycles. The summed E-state index contributed by atoms with van der Waals surface area (Å²) in [7, 11) is 0. The van der Waals surface area contributed by atoms with Gasteiger partial charge in [0.25, 0.3) is 0 Å². The molecule has 0 aliphatic carbocycles. The van der Waals surface area contributed by atoms with Crippen molar-refractivity contribution in [3.05, 3.63) is 69.9 Å². The molecule has 0 bridgehead atoms. The van der Waals surface area contributed by atoms with Gasteiger partial charge in [-0.2, -0.15) is 13.2 Å². The van der Waals surface area contributed by atoms with E-state index in [0.717, 1.165) is 34.3 Å². The molecule has 2 heterocycles. The second kappa shape index (κ2) is 8.97. The van der Waals surface area contributed by atoms with Crippen LogP contribution in [0.2, 0.25) is 5.02 Å². The lowest BCUT2D eigenvalue weighted by Crippen LogP contribution is -2.39. The van der Waals surface area contributed by atoms with E-state index in [-0.39, 0.29) is 24.2 Å². The Bertz CT molecular complexity index is 1200. The van der Waals surface area contributed by atoms with Crippen LogP contribution in [-0.2, 0) is 23.9 Å². The van der Waals surface area contributed by atoms with Crippen molar-refractivity contribution in [3.63, 3.8) is 0 Å². The van der Waals surface area contributed by atoms with Crippen molar-refractivity contribution in [1.82, 2.24) is 9.88 Å². The summed E-state index contributed by atoms with van der Waals surface area (Å²) in [6.07, 6.45) is -3.85. The molecule has 0 spiro atoms. The lowest BCUT2D eigenvalue weighted by molar-refractivity contribution is -0.137. The number of rotatable bonds is 5. The van der Waals surface area contributed by atoms with Crippen LogP contribution in [-0.4, -0.2) is 34.8 Å². The number of nitrogens with one attached hydrogen (secondary N) is 1. The standard InChI is InChI=1S/C23H23ClF3N5O/c24-16-6-7-18-17(9-16)21-14(10-30-22(28)29)11-32(12-19(21)31-18)20(33)8-3-13-1-4-15(5-2-13)23(25,26)27/h1-2,4-7,9,14,31H,3,8,10-12H2,(H4,28,29,30). The summed E-state index contributed by atoms with van der Waals surface area (Å²) in [5.74, 6) is -0.245. The lowest BCUT2D eigenvalue weighted by Gasteiger charge is -2.32. The number of carbonyl (C=O) groups excluding carboxylic acids is 1. The van der Waals surface area contributed by atoms with E-state index in [1.807, 2.05) is 12.1 Å². The number of benzene rings is 2. The molecule has 0 saturated heterocycles. The number of fused-ring (bicyclic) bond motifs is 3. The van der Waals surface area contributed by atoms with Crippen LogP contribution in [0, 0.1) is 0 Å². The molecule has 4 rings (SSSR count). The number of H-pyrrole nitrogens is 1. The average molecular weight is 478 g/mol. The number of carbonyl (C=O) groups is 1. The van der Waals surface area contributed by atoms with Crippen LogP contribution >= 0.6 is 11.6 Å². The Balaban J connectivity index is 1.52. The van der Waals surface area contributed by atoms with Gasteiger partial charge < -0.3 is 21.4 Å². The number of hydrogen-bond donors (Lipinski definition) is 3. The largest absolute Gasteiger partial charge is 0.416 e. The van der Waals surface area contributed by atoms with E-state index in [4.69, 9.17) is 23.1 Å². The molecule has 3 aromatic rings. The van der Waals surface area contributed by atoms with E-state index in [9.17, 15) is 18.0 Å². The number of aromatic amines is 1. The number of nitrogens with zero attached hydrogens (tertiary/aromatic N) is 2. The number of hydrogen-bond acceptors (Lipinski definition) is 2. The minimum atomic E-state index is -4.38. The Hall–Kier alpha value is -3.20. The first-order valence-corrected chi connectivity index (χ1v) is 10.8. The fraction of sp³-hybridized carbons (Fsp3) is 0.304. The molecule has 1 unspecified atom stereocenters. The summed E-state index contributed by atoms with van der Waals surface area (Å²) >= 11 is 6.20. The number of aromatic nitrogens is 1. The van der Waals surface area contributed by atoms with Gasteiger partial charge in [-0.1, -0.05) is 23.7 Å². The van der Waals surface area contributed by atoms with E-state index in [1.54, 1.807) is 11.0 Å². The molecule has 5 N–H and O–H groups in total. The molecular formula is C23H23ClF3N5O. The second-order valence-electron chi connectivity index (χ2n) is 8.14. The summed E-state index contributed by atoms with van der Waals surface area (Å²) < 4.78 is 38.3. The average Bonchev–Trinajstić information content (AvgIpc) is 3.13. The van der Waals surface area contributed by atoms with Gasteiger partial charge in [-0.15, -0.1) is 0 Å². The molecule has 33 heavy (non-hydrogen) atoms. The first-order valence-electron chi connectivity index (χ1n) is 10.4. The molecule has 2 aromatic carbocycles. The van der Waals surface area contributed by atoms with Gasteiger partial charge in [-0.25, -0.2) is 0 Å². The summed E-state index contributed by atoms with van der Waals surface area (Å²) in [5, 5.41) is 1.59. The van der Waals surface area contributed by atoms with Crippen molar-refractivity contribution in [2.75, 3.05) is 13.1 Å². The first kappa shape index (κ1) is 23.0. The second-order valence-corrected chi connectivity index (χ2v) is 8.57. The van der Waals surface area contributed by atoms with Crippen molar-refractivity contribution in [3.8, 4) is 0 Å². The number of guanidine groups is 1. The zero-order valence-corrected chi connectivity index (χ0v) is 18.4. The number of halogens is 4. The van der Waals surface area contributed by atoms with Gasteiger partial charge in [-0.05, 0) is 47.9 Å². The van der Waals surface area contributed by atoms with Crippen LogP contribution in [0.5, 0.6) is 0 Å². The van der Waals surface area contributed by atoms with E-state index < -0.39 is 11.7 Å². The van der Waals surface area contributed by atoms with Crippen LogP contribution in [0.25, 0.3) is 10.9 Å². The number of alkyl halides is 3. The fourth-order valence-corrected chi connectivity index (χ4v) is 4.44. The number of aliphatic imine (C=N–C) groups is 1. The summed E-state index contributed by atoms with van der Waals surface area (Å²) in [4.78, 5) is 22.3. The molecule has 0 fully saturated rings. The highest BCUT2D eigenvalue weighted by Crippen LogP contribution is 2.36. The third-order valence-corrected chi connectivity index (χ3v) is 6.07. The summed E-state index contributed by atoms with van der Waals surface area (Å²) in [6, 6.07) is 10.5. The molecule has 1 aromatic heterocycles. The maximum Gasteiger partial charge on any atom is 0.416 e. The minimum Gasteiger partial charge on any atom is -0.370 e. The van der Waals surface area contributed by atoms with E-state index >= 15 is 0 Å². The zero-order chi connectivity index (χ0) is 23.8. The number of amides is 1. The summed E-state index contributed by atoms with van der Waals surface area (Å²) in [6.45, 7) is 1.14. The highest BCUT2D eigenvalue weighted by molar-refractivity contribution is 6.31. The maximum atomic E-state index is 13.0. The summed E-state index contributed by atoms with van der Waals surface area (Å²) in [5.41, 5.74) is 13.9. The van der Waals surface area contributed by atoms with Crippen LogP contribution in [0.3, 0.4) is 0 Å². The normalized spacial score (nSPS) is 16.0. The topological polar surface area (TPSA) is 100 Å². The van der Waals surface area contributed by atoms with E-state index in [2.05, 4.69) is 9.98 Å². The van der Waals surface area contributed by atoms with Crippen molar-refractivity contribution >= 4 is 34.4 Å². The van der Waals surface area contributed by atoms with Gasteiger partial charge in [0.2, 0.25) is 5.91 Å². The van der Waals surface area contributed by atoms with E-state index in [0.29, 0.717) is 36.6 Å².